The molecule has 1 N–H and O–H groups in total. The van der Waals surface area contributed by atoms with Gasteiger partial charge >= 0.3 is 0 Å². The lowest BCUT2D eigenvalue weighted by molar-refractivity contribution is 0.768. The zero-order valence-corrected chi connectivity index (χ0v) is 26.5. The summed E-state index contributed by atoms with van der Waals surface area (Å²) < 4.78 is 0. The summed E-state index contributed by atoms with van der Waals surface area (Å²) in [5.74, 6) is 0. The topological polar surface area (TPSA) is 12.0 Å². The largest absolute Gasteiger partial charge is 0.356 e. The molecule has 0 fully saturated rings. The van der Waals surface area contributed by atoms with Crippen molar-refractivity contribution in [2.45, 2.75) is 5.41 Å². The van der Waals surface area contributed by atoms with E-state index in [0.717, 1.165) is 11.4 Å². The third-order valence-electron chi connectivity index (χ3n) is 9.93. The van der Waals surface area contributed by atoms with Gasteiger partial charge in [-0.3, -0.25) is 0 Å². The van der Waals surface area contributed by atoms with Crippen molar-refractivity contribution in [1.82, 2.24) is 0 Å². The summed E-state index contributed by atoms with van der Waals surface area (Å²) in [6.07, 6.45) is 0. The van der Waals surface area contributed by atoms with Crippen LogP contribution in [0.1, 0.15) is 22.3 Å². The minimum absolute atomic E-state index is 0.383. The lowest BCUT2D eigenvalue weighted by Gasteiger charge is -2.33. The van der Waals surface area contributed by atoms with Crippen LogP contribution in [0.4, 0.5) is 11.4 Å². The van der Waals surface area contributed by atoms with Gasteiger partial charge in [-0.2, -0.15) is 0 Å². The van der Waals surface area contributed by atoms with Crippen molar-refractivity contribution < 1.29 is 0 Å². The molecule has 0 saturated carbocycles. The van der Waals surface area contributed by atoms with E-state index in [1.54, 1.807) is 0 Å². The monoisotopic (exact) mass is 611 g/mol. The molecule has 0 atom stereocenters. The Hall–Kier alpha value is -6.18. The Labute approximate surface area is 281 Å². The number of nitrogens with one attached hydrogen (secondary N) is 1. The fourth-order valence-corrected chi connectivity index (χ4v) is 7.87. The van der Waals surface area contributed by atoms with Crippen LogP contribution in [0.25, 0.3) is 44.2 Å². The van der Waals surface area contributed by atoms with Crippen LogP contribution in [0.5, 0.6) is 0 Å². The van der Waals surface area contributed by atoms with E-state index in [-0.39, 0.29) is 5.41 Å². The number of fused-ring (bicyclic) bond motifs is 4. The molecule has 1 heteroatoms. The number of hydrogen-bond donors (Lipinski definition) is 1. The average molecular weight is 612 g/mol. The zero-order chi connectivity index (χ0) is 31.9. The van der Waals surface area contributed by atoms with Gasteiger partial charge in [-0.1, -0.05) is 170 Å². The molecule has 0 aliphatic heterocycles. The van der Waals surface area contributed by atoms with Gasteiger partial charge in [-0.15, -0.1) is 0 Å². The highest BCUT2D eigenvalue weighted by molar-refractivity contribution is 6.06. The van der Waals surface area contributed by atoms with Crippen molar-refractivity contribution in [2.75, 3.05) is 5.32 Å². The highest BCUT2D eigenvalue weighted by Crippen LogP contribution is 2.56. The predicted molar refractivity (Wildman–Crippen MR) is 202 cm³/mol. The maximum Gasteiger partial charge on any atom is 0.0713 e. The van der Waals surface area contributed by atoms with E-state index in [1.807, 2.05) is 0 Å². The highest BCUT2D eigenvalue weighted by atomic mass is 14.9. The van der Waals surface area contributed by atoms with Crippen molar-refractivity contribution in [3.8, 4) is 33.4 Å². The Balaban J connectivity index is 1.10. The van der Waals surface area contributed by atoms with Crippen LogP contribution in [0.2, 0.25) is 0 Å². The van der Waals surface area contributed by atoms with Crippen LogP contribution in [-0.4, -0.2) is 0 Å². The Kier molecular flexibility index (Phi) is 6.76. The molecular weight excluding hydrogens is 579 g/mol. The Morgan fingerprint density at radius 3 is 1.48 bits per heavy atom. The highest BCUT2D eigenvalue weighted by Gasteiger charge is 2.45. The summed E-state index contributed by atoms with van der Waals surface area (Å²) >= 11 is 0. The molecule has 1 aliphatic rings. The van der Waals surface area contributed by atoms with Crippen LogP contribution in [0.3, 0.4) is 0 Å². The van der Waals surface area contributed by atoms with Gasteiger partial charge in [0.25, 0.3) is 0 Å². The Bertz CT molecular complexity index is 2350. The van der Waals surface area contributed by atoms with Gasteiger partial charge < -0.3 is 5.32 Å². The van der Waals surface area contributed by atoms with Gasteiger partial charge in [-0.05, 0) is 90.7 Å². The SMILES string of the molecule is c1ccc(-c2cccc3cccc(-c4ccc(Nc5ccc6c(c5)-c5ccccc5C6(c5ccccc5)c5ccccc5)cc4)c23)cc1. The molecule has 1 aliphatic carbocycles. The molecule has 1 nitrogen and oxygen atoms in total. The van der Waals surface area contributed by atoms with Crippen molar-refractivity contribution in [3.05, 3.63) is 216 Å². The van der Waals surface area contributed by atoms with E-state index in [4.69, 9.17) is 0 Å². The minimum Gasteiger partial charge on any atom is -0.356 e. The predicted octanol–water partition coefficient (Wildman–Crippen LogP) is 12.3. The molecule has 9 rings (SSSR count). The second kappa shape index (κ2) is 11.6. The lowest BCUT2D eigenvalue weighted by Crippen LogP contribution is -2.28. The molecule has 0 saturated heterocycles. The molecule has 0 aromatic heterocycles. The summed E-state index contributed by atoms with van der Waals surface area (Å²) in [5.41, 5.74) is 14.4. The van der Waals surface area contributed by atoms with Gasteiger partial charge in [-0.25, -0.2) is 0 Å². The van der Waals surface area contributed by atoms with Gasteiger partial charge in [0.1, 0.15) is 0 Å². The first kappa shape index (κ1) is 28.1. The van der Waals surface area contributed by atoms with E-state index in [0.29, 0.717) is 0 Å². The Morgan fingerprint density at radius 1 is 0.333 bits per heavy atom. The molecular formula is C47H33N. The van der Waals surface area contributed by atoms with E-state index < -0.39 is 0 Å². The second-order valence-electron chi connectivity index (χ2n) is 12.6. The maximum absolute atomic E-state index is 3.72. The third kappa shape index (κ3) is 4.47. The number of rotatable bonds is 6. The molecule has 8 aromatic rings. The molecule has 0 heterocycles. The van der Waals surface area contributed by atoms with Crippen LogP contribution in [-0.2, 0) is 5.41 Å². The van der Waals surface area contributed by atoms with Gasteiger partial charge in [0.2, 0.25) is 0 Å². The number of hydrogen-bond acceptors (Lipinski definition) is 1. The smallest absolute Gasteiger partial charge is 0.0713 e. The van der Waals surface area contributed by atoms with Crippen LogP contribution in [0, 0.1) is 0 Å². The molecule has 0 unspecified atom stereocenters. The zero-order valence-electron chi connectivity index (χ0n) is 26.5. The summed E-state index contributed by atoms with van der Waals surface area (Å²) in [6, 6.07) is 70.4. The van der Waals surface area contributed by atoms with Gasteiger partial charge in [0.15, 0.2) is 0 Å². The lowest BCUT2D eigenvalue weighted by atomic mass is 9.68. The fraction of sp³-hybridized carbons (Fsp3) is 0.0213. The molecule has 8 aromatic carbocycles. The third-order valence-corrected chi connectivity index (χ3v) is 9.93. The molecule has 0 radical (unpaired) electrons. The number of benzene rings is 8. The molecule has 0 amide bonds. The summed E-state index contributed by atoms with van der Waals surface area (Å²) in [4.78, 5) is 0. The van der Waals surface area contributed by atoms with Crippen molar-refractivity contribution in [2.24, 2.45) is 0 Å². The quantitative estimate of drug-likeness (QED) is 0.197. The average Bonchev–Trinajstić information content (AvgIpc) is 3.46. The Morgan fingerprint density at radius 2 is 0.833 bits per heavy atom. The second-order valence-corrected chi connectivity index (χ2v) is 12.6. The first-order valence-electron chi connectivity index (χ1n) is 16.6. The van der Waals surface area contributed by atoms with Crippen molar-refractivity contribution in [3.63, 3.8) is 0 Å². The molecule has 48 heavy (non-hydrogen) atoms. The van der Waals surface area contributed by atoms with Crippen molar-refractivity contribution >= 4 is 22.1 Å². The van der Waals surface area contributed by atoms with E-state index in [2.05, 4.69) is 199 Å². The number of anilines is 2. The maximum atomic E-state index is 3.72. The standard InChI is InChI=1S/C47H33N/c1-4-14-33(15-5-1)40-23-12-16-35-17-13-24-41(46(35)40)34-26-28-38(29-27-34)48-39-30-31-45-43(32-39)42-22-10-11-25-44(42)47(45,36-18-6-2-7-19-36)37-20-8-3-9-21-37/h1-32,48H. The van der Waals surface area contributed by atoms with E-state index in [9.17, 15) is 0 Å². The van der Waals surface area contributed by atoms with Crippen LogP contribution in [0.15, 0.2) is 194 Å². The fourth-order valence-electron chi connectivity index (χ4n) is 7.87. The molecule has 226 valence electrons. The van der Waals surface area contributed by atoms with Gasteiger partial charge in [0.05, 0.1) is 5.41 Å². The van der Waals surface area contributed by atoms with Gasteiger partial charge in [0, 0.05) is 11.4 Å². The van der Waals surface area contributed by atoms with E-state index in [1.165, 1.54) is 66.4 Å². The first-order valence-corrected chi connectivity index (χ1v) is 16.6. The summed E-state index contributed by atoms with van der Waals surface area (Å²) in [7, 11) is 0. The van der Waals surface area contributed by atoms with Crippen molar-refractivity contribution in [1.29, 1.82) is 0 Å². The molecule has 0 spiro atoms. The van der Waals surface area contributed by atoms with Crippen LogP contribution < -0.4 is 5.32 Å². The summed E-state index contributed by atoms with van der Waals surface area (Å²) in [5, 5.41) is 6.25. The minimum atomic E-state index is -0.383. The summed E-state index contributed by atoms with van der Waals surface area (Å²) in [6.45, 7) is 0. The van der Waals surface area contributed by atoms with E-state index >= 15 is 0 Å². The first-order chi connectivity index (χ1) is 23.8. The molecule has 0 bridgehead atoms. The van der Waals surface area contributed by atoms with Crippen LogP contribution >= 0.6 is 0 Å². The normalized spacial score (nSPS) is 12.8.